The molecule has 0 bridgehead atoms. The lowest BCUT2D eigenvalue weighted by atomic mass is 10.2. The molecule has 0 radical (unpaired) electrons. The number of nitrogens with zero attached hydrogens (tertiary/aromatic N) is 1. The lowest BCUT2D eigenvalue weighted by molar-refractivity contribution is 0.267. The van der Waals surface area contributed by atoms with E-state index in [0.29, 0.717) is 0 Å². The predicted molar refractivity (Wildman–Crippen MR) is 82.8 cm³/mol. The fraction of sp³-hybridized carbons (Fsp3) is 0.529. The van der Waals surface area contributed by atoms with Gasteiger partial charge in [-0.1, -0.05) is 25.1 Å². The van der Waals surface area contributed by atoms with E-state index in [9.17, 15) is 0 Å². The number of hydrogen-bond donors (Lipinski definition) is 1. The van der Waals surface area contributed by atoms with Gasteiger partial charge >= 0.3 is 0 Å². The maximum atomic E-state index is 5.97. The van der Waals surface area contributed by atoms with Crippen LogP contribution in [0.4, 0.5) is 0 Å². The summed E-state index contributed by atoms with van der Waals surface area (Å²) in [6, 6.07) is 10.6. The molecule has 3 heteroatoms. The molecule has 3 nitrogen and oxygen atoms in total. The fourth-order valence-corrected chi connectivity index (χ4v) is 2.94. The minimum atomic E-state index is 0.251. The van der Waals surface area contributed by atoms with Gasteiger partial charge in [-0.25, -0.2) is 0 Å². The van der Waals surface area contributed by atoms with Crippen LogP contribution in [0.5, 0.6) is 0 Å². The molecule has 108 valence electrons. The molecule has 1 fully saturated rings. The van der Waals surface area contributed by atoms with Gasteiger partial charge in [0.05, 0.1) is 6.04 Å². The van der Waals surface area contributed by atoms with Gasteiger partial charge in [0, 0.05) is 18.5 Å². The molecule has 0 amide bonds. The van der Waals surface area contributed by atoms with E-state index in [-0.39, 0.29) is 6.04 Å². The number of para-hydroxylation sites is 1. The number of rotatable bonds is 6. The number of fused-ring (bicyclic) bond motifs is 1. The summed E-state index contributed by atoms with van der Waals surface area (Å²) in [7, 11) is 4.21. The van der Waals surface area contributed by atoms with Gasteiger partial charge in [0.15, 0.2) is 0 Å². The SMILES string of the molecule is CNC(CN(C)CC1CC1C)c1cc2ccccc2o1. The van der Waals surface area contributed by atoms with Crippen LogP contribution < -0.4 is 5.32 Å². The fourth-order valence-electron chi connectivity index (χ4n) is 2.94. The van der Waals surface area contributed by atoms with Crippen LogP contribution in [-0.4, -0.2) is 32.1 Å². The zero-order chi connectivity index (χ0) is 14.1. The second-order valence-electron chi connectivity index (χ2n) is 6.22. The summed E-state index contributed by atoms with van der Waals surface area (Å²) in [5.41, 5.74) is 0.973. The molecule has 20 heavy (non-hydrogen) atoms. The summed E-state index contributed by atoms with van der Waals surface area (Å²) < 4.78 is 5.97. The van der Waals surface area contributed by atoms with Gasteiger partial charge in [-0.15, -0.1) is 0 Å². The first-order valence-corrected chi connectivity index (χ1v) is 7.51. The number of likely N-dealkylation sites (N-methyl/N-ethyl adjacent to an activating group) is 2. The zero-order valence-corrected chi connectivity index (χ0v) is 12.6. The summed E-state index contributed by atoms with van der Waals surface area (Å²) in [6.45, 7) is 4.52. The first-order valence-electron chi connectivity index (χ1n) is 7.51. The molecule has 1 aliphatic rings. The van der Waals surface area contributed by atoms with Crippen LogP contribution in [0.2, 0.25) is 0 Å². The van der Waals surface area contributed by atoms with Crippen LogP contribution in [0.1, 0.15) is 25.1 Å². The largest absolute Gasteiger partial charge is 0.459 e. The Hall–Kier alpha value is -1.32. The smallest absolute Gasteiger partial charge is 0.134 e. The van der Waals surface area contributed by atoms with E-state index in [1.165, 1.54) is 18.4 Å². The highest BCUT2D eigenvalue weighted by molar-refractivity contribution is 5.77. The third-order valence-corrected chi connectivity index (χ3v) is 4.45. The van der Waals surface area contributed by atoms with Crippen LogP contribution in [-0.2, 0) is 0 Å². The lowest BCUT2D eigenvalue weighted by Crippen LogP contribution is -2.32. The summed E-state index contributed by atoms with van der Waals surface area (Å²) >= 11 is 0. The van der Waals surface area contributed by atoms with Gasteiger partial charge in [0.1, 0.15) is 11.3 Å². The monoisotopic (exact) mass is 272 g/mol. The molecular formula is C17H24N2O. The van der Waals surface area contributed by atoms with Gasteiger partial charge in [-0.05, 0) is 44.5 Å². The number of furan rings is 1. The molecule has 1 aromatic carbocycles. The van der Waals surface area contributed by atoms with Crippen molar-refractivity contribution in [2.75, 3.05) is 27.2 Å². The van der Waals surface area contributed by atoms with Crippen molar-refractivity contribution in [2.45, 2.75) is 19.4 Å². The van der Waals surface area contributed by atoms with E-state index in [1.54, 1.807) is 0 Å². The first kappa shape index (κ1) is 13.7. The zero-order valence-electron chi connectivity index (χ0n) is 12.6. The number of nitrogens with one attached hydrogen (secondary N) is 1. The lowest BCUT2D eigenvalue weighted by Gasteiger charge is -2.22. The first-order chi connectivity index (χ1) is 9.67. The molecule has 0 aliphatic heterocycles. The predicted octanol–water partition coefficient (Wildman–Crippen LogP) is 3.28. The highest BCUT2D eigenvalue weighted by atomic mass is 16.3. The van der Waals surface area contributed by atoms with Gasteiger partial charge in [-0.3, -0.25) is 0 Å². The van der Waals surface area contributed by atoms with Crippen molar-refractivity contribution in [3.8, 4) is 0 Å². The Bertz CT molecular complexity index is 544. The van der Waals surface area contributed by atoms with Crippen LogP contribution >= 0.6 is 0 Å². The van der Waals surface area contributed by atoms with Gasteiger partial charge in [0.25, 0.3) is 0 Å². The highest BCUT2D eigenvalue weighted by Crippen LogP contribution is 2.38. The van der Waals surface area contributed by atoms with Crippen LogP contribution in [0.25, 0.3) is 11.0 Å². The van der Waals surface area contributed by atoms with Gasteiger partial charge in [0.2, 0.25) is 0 Å². The molecule has 3 rings (SSSR count). The Morgan fingerprint density at radius 3 is 2.80 bits per heavy atom. The molecule has 1 heterocycles. The molecule has 1 saturated carbocycles. The van der Waals surface area contributed by atoms with Crippen molar-refractivity contribution in [3.05, 3.63) is 36.1 Å². The average Bonchev–Trinajstić information content (AvgIpc) is 2.97. The van der Waals surface area contributed by atoms with Crippen molar-refractivity contribution in [1.29, 1.82) is 0 Å². The Morgan fingerprint density at radius 1 is 1.40 bits per heavy atom. The second-order valence-corrected chi connectivity index (χ2v) is 6.22. The normalized spacial score (nSPS) is 23.4. The molecule has 1 aromatic heterocycles. The minimum Gasteiger partial charge on any atom is -0.459 e. The van der Waals surface area contributed by atoms with E-state index >= 15 is 0 Å². The number of hydrogen-bond acceptors (Lipinski definition) is 3. The quantitative estimate of drug-likeness (QED) is 0.874. The van der Waals surface area contributed by atoms with E-state index in [1.807, 2.05) is 19.2 Å². The van der Waals surface area contributed by atoms with Crippen LogP contribution in [0, 0.1) is 11.8 Å². The van der Waals surface area contributed by atoms with E-state index in [0.717, 1.165) is 29.7 Å². The summed E-state index contributed by atoms with van der Waals surface area (Å²) in [5.74, 6) is 2.84. The molecule has 3 atom stereocenters. The van der Waals surface area contributed by atoms with Crippen LogP contribution in [0.15, 0.2) is 34.7 Å². The summed E-state index contributed by atoms with van der Waals surface area (Å²) in [4.78, 5) is 2.42. The molecule has 2 aromatic rings. The maximum absolute atomic E-state index is 5.97. The van der Waals surface area contributed by atoms with Gasteiger partial charge < -0.3 is 14.6 Å². The maximum Gasteiger partial charge on any atom is 0.134 e. The third-order valence-electron chi connectivity index (χ3n) is 4.45. The Balaban J connectivity index is 1.68. The third kappa shape index (κ3) is 2.89. The van der Waals surface area contributed by atoms with E-state index in [4.69, 9.17) is 4.42 Å². The van der Waals surface area contributed by atoms with E-state index in [2.05, 4.69) is 42.4 Å². The molecule has 0 spiro atoms. The second kappa shape index (κ2) is 5.58. The van der Waals surface area contributed by atoms with Crippen molar-refractivity contribution < 1.29 is 4.42 Å². The highest BCUT2D eigenvalue weighted by Gasteiger charge is 2.33. The summed E-state index contributed by atoms with van der Waals surface area (Å²) in [6.07, 6.45) is 1.39. The van der Waals surface area contributed by atoms with Crippen molar-refractivity contribution >= 4 is 11.0 Å². The average molecular weight is 272 g/mol. The Labute approximate surface area is 120 Å². The van der Waals surface area contributed by atoms with Crippen molar-refractivity contribution in [1.82, 2.24) is 10.2 Å². The molecule has 3 unspecified atom stereocenters. The van der Waals surface area contributed by atoms with E-state index < -0.39 is 0 Å². The molecule has 0 saturated heterocycles. The van der Waals surface area contributed by atoms with Crippen LogP contribution in [0.3, 0.4) is 0 Å². The Kier molecular flexibility index (Phi) is 3.81. The molecule has 1 aliphatic carbocycles. The number of benzene rings is 1. The molecular weight excluding hydrogens is 248 g/mol. The molecule has 1 N–H and O–H groups in total. The van der Waals surface area contributed by atoms with Crippen molar-refractivity contribution in [3.63, 3.8) is 0 Å². The summed E-state index contributed by atoms with van der Waals surface area (Å²) in [5, 5.41) is 4.56. The van der Waals surface area contributed by atoms with Crippen molar-refractivity contribution in [2.24, 2.45) is 11.8 Å². The topological polar surface area (TPSA) is 28.4 Å². The van der Waals surface area contributed by atoms with Gasteiger partial charge in [-0.2, -0.15) is 0 Å². The Morgan fingerprint density at radius 2 is 2.15 bits per heavy atom. The minimum absolute atomic E-state index is 0.251. The standard InChI is InChI=1S/C17H24N2O/c1-12-8-14(12)10-19(3)11-15(18-2)17-9-13-6-4-5-7-16(13)20-17/h4-7,9,12,14-15,18H,8,10-11H2,1-3H3.